The first kappa shape index (κ1) is 17.1. The van der Waals surface area contributed by atoms with E-state index in [-0.39, 0.29) is 0 Å². The van der Waals surface area contributed by atoms with E-state index in [9.17, 15) is 0 Å². The molecule has 130 valence electrons. The highest BCUT2D eigenvalue weighted by molar-refractivity contribution is 7.08. The zero-order valence-electron chi connectivity index (χ0n) is 14.7. The summed E-state index contributed by atoms with van der Waals surface area (Å²) in [5, 5.41) is 4.98. The molecule has 0 amide bonds. The lowest BCUT2D eigenvalue weighted by atomic mass is 10.1. The summed E-state index contributed by atoms with van der Waals surface area (Å²) in [6, 6.07) is 14.5. The molecule has 0 atom stereocenters. The molecule has 2 aromatic heterocycles. The molecule has 0 spiro atoms. The monoisotopic (exact) mass is 378 g/mol. The van der Waals surface area contributed by atoms with Crippen molar-refractivity contribution in [3.8, 4) is 0 Å². The predicted octanol–water partition coefficient (Wildman–Crippen LogP) is 6.59. The first-order chi connectivity index (χ1) is 12.6. The first-order valence-electron chi connectivity index (χ1n) is 8.52. The summed E-state index contributed by atoms with van der Waals surface area (Å²) >= 11 is 7.74. The number of imidazole rings is 1. The molecule has 0 saturated carbocycles. The Kier molecular flexibility index (Phi) is 4.66. The Morgan fingerprint density at radius 1 is 1.04 bits per heavy atom. The van der Waals surface area contributed by atoms with Gasteiger partial charge in [-0.1, -0.05) is 29.8 Å². The maximum atomic E-state index is 6.04. The summed E-state index contributed by atoms with van der Waals surface area (Å²) in [7, 11) is 0. The number of aromatic nitrogens is 2. The van der Waals surface area contributed by atoms with Gasteiger partial charge in [-0.05, 0) is 83.3 Å². The minimum atomic E-state index is 0.758. The van der Waals surface area contributed by atoms with Crippen LogP contribution in [0.15, 0.2) is 53.2 Å². The second-order valence-corrected chi connectivity index (χ2v) is 7.71. The number of aryl methyl sites for hydroxylation is 2. The highest BCUT2D eigenvalue weighted by atomic mass is 35.5. The zero-order valence-corrected chi connectivity index (χ0v) is 16.3. The highest BCUT2D eigenvalue weighted by Crippen LogP contribution is 2.24. The van der Waals surface area contributed by atoms with Crippen molar-refractivity contribution < 1.29 is 0 Å². The Bertz CT molecular complexity index is 1070. The third-order valence-corrected chi connectivity index (χ3v) is 5.57. The zero-order chi connectivity index (χ0) is 18.1. The van der Waals surface area contributed by atoms with E-state index in [1.54, 1.807) is 11.3 Å². The van der Waals surface area contributed by atoms with Gasteiger partial charge in [0.1, 0.15) is 5.82 Å². The average molecular weight is 379 g/mol. The van der Waals surface area contributed by atoms with E-state index < -0.39 is 0 Å². The number of fused-ring (bicyclic) bond motifs is 1. The summed E-state index contributed by atoms with van der Waals surface area (Å²) in [6.07, 6.45) is 4.22. The van der Waals surface area contributed by atoms with Crippen LogP contribution in [0.4, 0.5) is 0 Å². The Balaban J connectivity index is 1.82. The van der Waals surface area contributed by atoms with E-state index in [0.717, 1.165) is 28.4 Å². The normalized spacial score (nSPS) is 11.7. The average Bonchev–Trinajstić information content (AvgIpc) is 3.25. The largest absolute Gasteiger partial charge is 0.320 e. The molecule has 4 heteroatoms. The van der Waals surface area contributed by atoms with Gasteiger partial charge in [-0.2, -0.15) is 11.3 Å². The number of hydrogen-bond acceptors (Lipinski definition) is 2. The Morgan fingerprint density at radius 2 is 1.81 bits per heavy atom. The molecule has 4 aromatic rings. The first-order valence-corrected chi connectivity index (χ1v) is 9.84. The van der Waals surface area contributed by atoms with Crippen molar-refractivity contribution in [3.63, 3.8) is 0 Å². The van der Waals surface area contributed by atoms with Gasteiger partial charge in [0.2, 0.25) is 0 Å². The molecule has 0 unspecified atom stereocenters. The van der Waals surface area contributed by atoms with E-state index in [1.165, 1.54) is 22.3 Å². The smallest absolute Gasteiger partial charge is 0.134 e. The van der Waals surface area contributed by atoms with Gasteiger partial charge in [-0.15, -0.1) is 0 Å². The van der Waals surface area contributed by atoms with Gasteiger partial charge < -0.3 is 4.57 Å². The SMILES string of the molecule is Cc1cc2nc(/C=C/c3ccsc3)n(Cc3ccc(Cl)cc3)c2cc1C. The maximum Gasteiger partial charge on any atom is 0.134 e. The van der Waals surface area contributed by atoms with Crippen LogP contribution in [-0.2, 0) is 6.54 Å². The molecule has 0 radical (unpaired) electrons. The standard InChI is InChI=1S/C22H19ClN2S/c1-15-11-20-21(12-16(15)2)25(13-17-3-6-19(23)7-4-17)22(24-20)8-5-18-9-10-26-14-18/h3-12,14H,13H2,1-2H3/b8-5+. The van der Waals surface area contributed by atoms with Crippen molar-refractivity contribution in [1.29, 1.82) is 0 Å². The Labute approximate surface area is 162 Å². The number of halogens is 1. The topological polar surface area (TPSA) is 17.8 Å². The number of rotatable bonds is 4. The van der Waals surface area contributed by atoms with Gasteiger partial charge in [-0.25, -0.2) is 4.98 Å². The van der Waals surface area contributed by atoms with Crippen LogP contribution in [0.2, 0.25) is 5.02 Å². The quantitative estimate of drug-likeness (QED) is 0.391. The molecule has 2 nitrogen and oxygen atoms in total. The van der Waals surface area contributed by atoms with Gasteiger partial charge in [-0.3, -0.25) is 0 Å². The maximum absolute atomic E-state index is 6.04. The van der Waals surface area contributed by atoms with Gasteiger partial charge in [0.15, 0.2) is 0 Å². The molecule has 0 bridgehead atoms. The van der Waals surface area contributed by atoms with Crippen LogP contribution in [0.3, 0.4) is 0 Å². The lowest BCUT2D eigenvalue weighted by molar-refractivity contribution is 0.813. The van der Waals surface area contributed by atoms with E-state index >= 15 is 0 Å². The lowest BCUT2D eigenvalue weighted by Gasteiger charge is -2.09. The van der Waals surface area contributed by atoms with Crippen molar-refractivity contribution in [2.24, 2.45) is 0 Å². The number of benzene rings is 2. The molecule has 2 heterocycles. The van der Waals surface area contributed by atoms with E-state index in [1.807, 2.05) is 12.1 Å². The summed E-state index contributed by atoms with van der Waals surface area (Å²) in [6.45, 7) is 5.04. The lowest BCUT2D eigenvalue weighted by Crippen LogP contribution is -2.02. The Hall–Kier alpha value is -2.36. The highest BCUT2D eigenvalue weighted by Gasteiger charge is 2.11. The fourth-order valence-corrected chi connectivity index (χ4v) is 3.76. The molecular formula is C22H19ClN2S. The third-order valence-electron chi connectivity index (χ3n) is 4.62. The van der Waals surface area contributed by atoms with Crippen LogP contribution >= 0.6 is 22.9 Å². The molecule has 0 aliphatic heterocycles. The molecule has 0 aliphatic carbocycles. The molecule has 0 saturated heterocycles. The van der Waals surface area contributed by atoms with Gasteiger partial charge in [0.05, 0.1) is 11.0 Å². The fraction of sp³-hybridized carbons (Fsp3) is 0.136. The van der Waals surface area contributed by atoms with Crippen molar-refractivity contribution in [2.75, 3.05) is 0 Å². The minimum absolute atomic E-state index is 0.758. The number of hydrogen-bond donors (Lipinski definition) is 0. The van der Waals surface area contributed by atoms with Crippen molar-refractivity contribution in [3.05, 3.63) is 86.3 Å². The third kappa shape index (κ3) is 3.46. The van der Waals surface area contributed by atoms with Crippen molar-refractivity contribution in [2.45, 2.75) is 20.4 Å². The van der Waals surface area contributed by atoms with Crippen LogP contribution in [0, 0.1) is 13.8 Å². The van der Waals surface area contributed by atoms with Crippen LogP contribution in [0.5, 0.6) is 0 Å². The fourth-order valence-electron chi connectivity index (χ4n) is 3.01. The molecular weight excluding hydrogens is 360 g/mol. The molecule has 2 aromatic carbocycles. The van der Waals surface area contributed by atoms with E-state index in [2.05, 4.69) is 71.7 Å². The molecule has 0 N–H and O–H groups in total. The second kappa shape index (κ2) is 7.10. The second-order valence-electron chi connectivity index (χ2n) is 6.50. The summed E-state index contributed by atoms with van der Waals surface area (Å²) in [4.78, 5) is 4.88. The molecule has 0 aliphatic rings. The molecule has 4 rings (SSSR count). The van der Waals surface area contributed by atoms with E-state index in [0.29, 0.717) is 0 Å². The van der Waals surface area contributed by atoms with Gasteiger partial charge in [0, 0.05) is 11.6 Å². The van der Waals surface area contributed by atoms with Crippen LogP contribution in [0.25, 0.3) is 23.2 Å². The predicted molar refractivity (Wildman–Crippen MR) is 113 cm³/mol. The van der Waals surface area contributed by atoms with Crippen LogP contribution in [-0.4, -0.2) is 9.55 Å². The van der Waals surface area contributed by atoms with Crippen LogP contribution in [0.1, 0.15) is 28.1 Å². The van der Waals surface area contributed by atoms with E-state index in [4.69, 9.17) is 16.6 Å². The molecule has 0 fully saturated rings. The molecule has 26 heavy (non-hydrogen) atoms. The number of thiophene rings is 1. The summed E-state index contributed by atoms with van der Waals surface area (Å²) in [5.74, 6) is 0.964. The van der Waals surface area contributed by atoms with Crippen LogP contribution < -0.4 is 0 Å². The van der Waals surface area contributed by atoms with Gasteiger partial charge >= 0.3 is 0 Å². The number of nitrogens with zero attached hydrogens (tertiary/aromatic N) is 2. The minimum Gasteiger partial charge on any atom is -0.320 e. The summed E-state index contributed by atoms with van der Waals surface area (Å²) in [5.41, 5.74) is 7.15. The van der Waals surface area contributed by atoms with Crippen molar-refractivity contribution in [1.82, 2.24) is 9.55 Å². The van der Waals surface area contributed by atoms with Gasteiger partial charge in [0.25, 0.3) is 0 Å². The Morgan fingerprint density at radius 3 is 2.54 bits per heavy atom. The summed E-state index contributed by atoms with van der Waals surface area (Å²) < 4.78 is 2.27. The van der Waals surface area contributed by atoms with Crippen molar-refractivity contribution >= 4 is 46.1 Å².